The molecule has 0 aliphatic rings. The summed E-state index contributed by atoms with van der Waals surface area (Å²) in [5, 5.41) is 0.403. The first-order valence-corrected chi connectivity index (χ1v) is 9.58. The van der Waals surface area contributed by atoms with E-state index in [2.05, 4.69) is 12.1 Å². The van der Waals surface area contributed by atoms with E-state index in [1.807, 2.05) is 24.3 Å². The van der Waals surface area contributed by atoms with Crippen LogP contribution >= 0.6 is 0 Å². The van der Waals surface area contributed by atoms with Gasteiger partial charge in [0, 0.05) is 6.54 Å². The van der Waals surface area contributed by atoms with Gasteiger partial charge in [-0.3, -0.25) is 9.59 Å². The highest BCUT2D eigenvalue weighted by atomic mass is 16.3. The van der Waals surface area contributed by atoms with Crippen molar-refractivity contribution in [3.63, 3.8) is 0 Å². The number of benzene rings is 2. The Kier molecular flexibility index (Phi) is 5.56. The Morgan fingerprint density at radius 3 is 2.48 bits per heavy atom. The van der Waals surface area contributed by atoms with Gasteiger partial charge in [0.2, 0.25) is 5.43 Å². The van der Waals surface area contributed by atoms with Crippen molar-refractivity contribution < 1.29 is 13.6 Å². The molecule has 2 heterocycles. The van der Waals surface area contributed by atoms with Gasteiger partial charge in [0.05, 0.1) is 18.2 Å². The van der Waals surface area contributed by atoms with Crippen LogP contribution in [-0.2, 0) is 13.0 Å². The van der Waals surface area contributed by atoms with Crippen LogP contribution in [0.25, 0.3) is 11.0 Å². The zero-order chi connectivity index (χ0) is 20.1. The molecule has 0 N–H and O–H groups in total. The van der Waals surface area contributed by atoms with Crippen LogP contribution in [0.15, 0.2) is 92.9 Å². The maximum absolute atomic E-state index is 13.2. The number of para-hydroxylation sites is 1. The normalized spacial score (nSPS) is 10.9. The molecule has 146 valence electrons. The molecule has 0 spiro atoms. The molecule has 2 aromatic heterocycles. The lowest BCUT2D eigenvalue weighted by atomic mass is 10.1. The molecule has 29 heavy (non-hydrogen) atoms. The smallest absolute Gasteiger partial charge is 0.261 e. The lowest BCUT2D eigenvalue weighted by Crippen LogP contribution is -2.34. The SMILES string of the molecule is O=C(c1coc2ccccc2c1=O)N(CCCc1ccccc1)Cc1ccco1. The van der Waals surface area contributed by atoms with E-state index in [4.69, 9.17) is 8.83 Å². The van der Waals surface area contributed by atoms with Gasteiger partial charge in [0.25, 0.3) is 5.91 Å². The maximum Gasteiger partial charge on any atom is 0.261 e. The molecule has 0 aliphatic carbocycles. The molecule has 0 saturated carbocycles. The molecule has 0 unspecified atom stereocenters. The van der Waals surface area contributed by atoms with Crippen LogP contribution in [0, 0.1) is 0 Å². The van der Waals surface area contributed by atoms with Crippen LogP contribution in [0.3, 0.4) is 0 Å². The summed E-state index contributed by atoms with van der Waals surface area (Å²) in [6.07, 6.45) is 4.45. The lowest BCUT2D eigenvalue weighted by Gasteiger charge is -2.21. The summed E-state index contributed by atoms with van der Waals surface area (Å²) in [5.41, 5.74) is 1.40. The molecule has 0 aliphatic heterocycles. The Morgan fingerprint density at radius 2 is 1.69 bits per heavy atom. The van der Waals surface area contributed by atoms with Crippen LogP contribution in [0.4, 0.5) is 0 Å². The fourth-order valence-corrected chi connectivity index (χ4v) is 3.36. The largest absolute Gasteiger partial charge is 0.467 e. The number of nitrogens with zero attached hydrogens (tertiary/aromatic N) is 1. The minimum Gasteiger partial charge on any atom is -0.467 e. The molecule has 2 aromatic carbocycles. The molecule has 0 fully saturated rings. The van der Waals surface area contributed by atoms with Gasteiger partial charge >= 0.3 is 0 Å². The number of furan rings is 1. The predicted octanol–water partition coefficient (Wildman–Crippen LogP) is 4.66. The number of rotatable bonds is 7. The molecule has 5 heteroatoms. The van der Waals surface area contributed by atoms with Crippen LogP contribution in [0.2, 0.25) is 0 Å². The van der Waals surface area contributed by atoms with Crippen molar-refractivity contribution in [2.75, 3.05) is 6.54 Å². The van der Waals surface area contributed by atoms with Crippen molar-refractivity contribution in [1.82, 2.24) is 4.90 Å². The van der Waals surface area contributed by atoms with Gasteiger partial charge in [-0.2, -0.15) is 0 Å². The maximum atomic E-state index is 13.2. The molecular weight excluding hydrogens is 366 g/mol. The second kappa shape index (κ2) is 8.61. The first-order chi connectivity index (χ1) is 14.2. The summed E-state index contributed by atoms with van der Waals surface area (Å²) in [6, 6.07) is 20.7. The summed E-state index contributed by atoms with van der Waals surface area (Å²) in [6.45, 7) is 0.799. The number of fused-ring (bicyclic) bond motifs is 1. The zero-order valence-electron chi connectivity index (χ0n) is 15.9. The molecule has 4 aromatic rings. The van der Waals surface area contributed by atoms with Crippen molar-refractivity contribution in [3.05, 3.63) is 106 Å². The molecule has 0 atom stereocenters. The van der Waals surface area contributed by atoms with E-state index in [9.17, 15) is 9.59 Å². The van der Waals surface area contributed by atoms with Crippen LogP contribution in [-0.4, -0.2) is 17.4 Å². The molecule has 4 rings (SSSR count). The van der Waals surface area contributed by atoms with Gasteiger partial charge in [-0.05, 0) is 42.7 Å². The van der Waals surface area contributed by atoms with Gasteiger partial charge in [-0.25, -0.2) is 0 Å². The van der Waals surface area contributed by atoms with E-state index in [-0.39, 0.29) is 16.9 Å². The van der Waals surface area contributed by atoms with E-state index in [1.54, 1.807) is 41.5 Å². The van der Waals surface area contributed by atoms with Crippen molar-refractivity contribution in [2.45, 2.75) is 19.4 Å². The van der Waals surface area contributed by atoms with Crippen molar-refractivity contribution >= 4 is 16.9 Å². The third-order valence-corrected chi connectivity index (χ3v) is 4.86. The average molecular weight is 387 g/mol. The summed E-state index contributed by atoms with van der Waals surface area (Å²) in [4.78, 5) is 27.7. The highest BCUT2D eigenvalue weighted by Gasteiger charge is 2.21. The van der Waals surface area contributed by atoms with Gasteiger partial charge in [-0.1, -0.05) is 42.5 Å². The van der Waals surface area contributed by atoms with E-state index >= 15 is 0 Å². The highest BCUT2D eigenvalue weighted by Crippen LogP contribution is 2.15. The second-order valence-electron chi connectivity index (χ2n) is 6.87. The summed E-state index contributed by atoms with van der Waals surface area (Å²) in [5.74, 6) is 0.317. The first-order valence-electron chi connectivity index (χ1n) is 9.58. The minimum atomic E-state index is -0.353. The highest BCUT2D eigenvalue weighted by molar-refractivity contribution is 5.96. The Labute approximate surface area is 168 Å². The Morgan fingerprint density at radius 1 is 0.897 bits per heavy atom. The molecule has 0 bridgehead atoms. The number of hydrogen-bond donors (Lipinski definition) is 0. The third-order valence-electron chi connectivity index (χ3n) is 4.86. The Bertz CT molecular complexity index is 1150. The standard InChI is InChI=1S/C24H21NO4/c26-23-20-12-4-5-13-22(20)29-17-21(23)24(27)25(16-19-11-7-15-28-19)14-6-10-18-8-2-1-3-9-18/h1-5,7-9,11-13,15,17H,6,10,14,16H2. The fourth-order valence-electron chi connectivity index (χ4n) is 3.36. The van der Waals surface area contributed by atoms with Crippen molar-refractivity contribution in [1.29, 1.82) is 0 Å². The Balaban J connectivity index is 1.57. The van der Waals surface area contributed by atoms with E-state index in [0.717, 1.165) is 12.8 Å². The number of carbonyl (C=O) groups is 1. The first kappa shape index (κ1) is 18.7. The molecular formula is C24H21NO4. The Hall–Kier alpha value is -3.60. The third kappa shape index (κ3) is 4.29. The fraction of sp³-hybridized carbons (Fsp3) is 0.167. The van der Waals surface area contributed by atoms with Gasteiger partial charge in [0.1, 0.15) is 23.2 Å². The van der Waals surface area contributed by atoms with E-state index in [1.165, 1.54) is 11.8 Å². The molecule has 5 nitrogen and oxygen atoms in total. The lowest BCUT2D eigenvalue weighted by molar-refractivity contribution is 0.0726. The second-order valence-corrected chi connectivity index (χ2v) is 6.87. The summed E-state index contributed by atoms with van der Waals surface area (Å²) in [7, 11) is 0. The van der Waals surface area contributed by atoms with Gasteiger partial charge in [0.15, 0.2) is 0 Å². The van der Waals surface area contributed by atoms with Crippen molar-refractivity contribution in [2.24, 2.45) is 0 Å². The van der Waals surface area contributed by atoms with Gasteiger partial charge < -0.3 is 13.7 Å². The predicted molar refractivity (Wildman–Crippen MR) is 111 cm³/mol. The summed E-state index contributed by atoms with van der Waals surface area (Å²) >= 11 is 0. The van der Waals surface area contributed by atoms with E-state index < -0.39 is 0 Å². The number of carbonyl (C=O) groups excluding carboxylic acids is 1. The summed E-state index contributed by atoms with van der Waals surface area (Å²) < 4.78 is 11.0. The minimum absolute atomic E-state index is 0.0370. The van der Waals surface area contributed by atoms with Crippen LogP contribution < -0.4 is 5.43 Å². The topological polar surface area (TPSA) is 63.7 Å². The molecule has 0 saturated heterocycles. The number of amides is 1. The van der Waals surface area contributed by atoms with E-state index in [0.29, 0.717) is 29.8 Å². The van der Waals surface area contributed by atoms with Crippen LogP contribution in [0.1, 0.15) is 28.1 Å². The zero-order valence-corrected chi connectivity index (χ0v) is 15.9. The van der Waals surface area contributed by atoms with Crippen LogP contribution in [0.5, 0.6) is 0 Å². The van der Waals surface area contributed by atoms with Gasteiger partial charge in [-0.15, -0.1) is 0 Å². The number of hydrogen-bond acceptors (Lipinski definition) is 4. The van der Waals surface area contributed by atoms with Crippen molar-refractivity contribution in [3.8, 4) is 0 Å². The molecule has 0 radical (unpaired) electrons. The number of aryl methyl sites for hydroxylation is 1. The molecule has 1 amide bonds. The quantitative estimate of drug-likeness (QED) is 0.463. The monoisotopic (exact) mass is 387 g/mol. The average Bonchev–Trinajstić information content (AvgIpc) is 3.27.